The van der Waals surface area contributed by atoms with Crippen LogP contribution in [0, 0.1) is 0 Å². The smallest absolute Gasteiger partial charge is 0.0499 e. The van der Waals surface area contributed by atoms with Crippen molar-refractivity contribution in [3.05, 3.63) is 34.3 Å². The standard InChI is InChI=1S/C15H23BrN2S/c1-2-14(17)15(12-5-3-6-13(16)11-12)18-7-4-9-19-10-8-18/h3,5-6,11,14-15H,2,4,7-10,17H2,1H3. The summed E-state index contributed by atoms with van der Waals surface area (Å²) in [5.41, 5.74) is 7.76. The number of benzene rings is 1. The molecular formula is C15H23BrN2S. The summed E-state index contributed by atoms with van der Waals surface area (Å²) in [6.45, 7) is 4.50. The molecule has 0 radical (unpaired) electrons. The molecule has 0 saturated carbocycles. The van der Waals surface area contributed by atoms with Gasteiger partial charge in [-0.1, -0.05) is 35.0 Å². The van der Waals surface area contributed by atoms with Gasteiger partial charge in [0.05, 0.1) is 0 Å². The third-order valence-electron chi connectivity index (χ3n) is 3.72. The van der Waals surface area contributed by atoms with Crippen LogP contribution in [0.25, 0.3) is 0 Å². The van der Waals surface area contributed by atoms with E-state index in [2.05, 4.69) is 63.8 Å². The van der Waals surface area contributed by atoms with Crippen LogP contribution in [0.4, 0.5) is 0 Å². The van der Waals surface area contributed by atoms with Crippen LogP contribution in [0.1, 0.15) is 31.4 Å². The van der Waals surface area contributed by atoms with Crippen LogP contribution in [0.15, 0.2) is 28.7 Å². The predicted molar refractivity (Wildman–Crippen MR) is 88.7 cm³/mol. The van der Waals surface area contributed by atoms with E-state index in [1.165, 1.54) is 23.5 Å². The van der Waals surface area contributed by atoms with Crippen LogP contribution in [0.5, 0.6) is 0 Å². The monoisotopic (exact) mass is 342 g/mol. The lowest BCUT2D eigenvalue weighted by molar-refractivity contribution is 0.182. The highest BCUT2D eigenvalue weighted by Crippen LogP contribution is 2.29. The zero-order valence-electron chi connectivity index (χ0n) is 11.5. The SMILES string of the molecule is CCC(N)C(c1cccc(Br)c1)N1CCCSCC1. The van der Waals surface area contributed by atoms with Crippen molar-refractivity contribution in [2.24, 2.45) is 5.73 Å². The van der Waals surface area contributed by atoms with Crippen molar-refractivity contribution in [3.63, 3.8) is 0 Å². The third kappa shape index (κ3) is 4.22. The number of nitrogens with zero attached hydrogens (tertiary/aromatic N) is 1. The minimum absolute atomic E-state index is 0.206. The summed E-state index contributed by atoms with van der Waals surface area (Å²) >= 11 is 5.64. The Morgan fingerprint density at radius 3 is 2.95 bits per heavy atom. The lowest BCUT2D eigenvalue weighted by Gasteiger charge is -2.35. The molecule has 1 heterocycles. The first-order valence-electron chi connectivity index (χ1n) is 7.05. The van der Waals surface area contributed by atoms with Crippen molar-refractivity contribution in [1.29, 1.82) is 0 Å². The molecule has 0 amide bonds. The summed E-state index contributed by atoms with van der Waals surface area (Å²) in [6, 6.07) is 9.18. The molecule has 1 aromatic carbocycles. The Morgan fingerprint density at radius 2 is 2.21 bits per heavy atom. The number of hydrogen-bond donors (Lipinski definition) is 1. The van der Waals surface area contributed by atoms with Crippen LogP contribution < -0.4 is 5.73 Å². The molecule has 0 bridgehead atoms. The summed E-state index contributed by atoms with van der Waals surface area (Å²) in [5.74, 6) is 2.50. The second-order valence-corrected chi connectivity index (χ2v) is 7.21. The fourth-order valence-corrected chi connectivity index (χ4v) is 4.00. The van der Waals surface area contributed by atoms with E-state index in [1.54, 1.807) is 0 Å². The molecular weight excluding hydrogens is 320 g/mol. The van der Waals surface area contributed by atoms with E-state index in [0.29, 0.717) is 6.04 Å². The van der Waals surface area contributed by atoms with Gasteiger partial charge in [-0.05, 0) is 42.8 Å². The Bertz CT molecular complexity index is 391. The van der Waals surface area contributed by atoms with E-state index in [4.69, 9.17) is 5.73 Å². The number of rotatable bonds is 4. The zero-order chi connectivity index (χ0) is 13.7. The topological polar surface area (TPSA) is 29.3 Å². The zero-order valence-corrected chi connectivity index (χ0v) is 13.9. The molecule has 1 aliphatic heterocycles. The maximum Gasteiger partial charge on any atom is 0.0499 e. The first kappa shape index (κ1) is 15.4. The van der Waals surface area contributed by atoms with Gasteiger partial charge in [0.15, 0.2) is 0 Å². The maximum absolute atomic E-state index is 6.42. The molecule has 1 fully saturated rings. The molecule has 0 aliphatic carbocycles. The van der Waals surface area contributed by atoms with Gasteiger partial charge in [-0.15, -0.1) is 0 Å². The van der Waals surface area contributed by atoms with E-state index < -0.39 is 0 Å². The molecule has 1 aliphatic rings. The van der Waals surface area contributed by atoms with Crippen LogP contribution >= 0.6 is 27.7 Å². The van der Waals surface area contributed by atoms with Crippen LogP contribution in [-0.4, -0.2) is 35.5 Å². The number of nitrogens with two attached hydrogens (primary N) is 1. The van der Waals surface area contributed by atoms with Crippen molar-refractivity contribution in [2.45, 2.75) is 31.8 Å². The van der Waals surface area contributed by atoms with Crippen molar-refractivity contribution in [1.82, 2.24) is 4.90 Å². The van der Waals surface area contributed by atoms with Gasteiger partial charge in [0.1, 0.15) is 0 Å². The fourth-order valence-electron chi connectivity index (χ4n) is 2.69. The van der Waals surface area contributed by atoms with Crippen molar-refractivity contribution >= 4 is 27.7 Å². The first-order valence-corrected chi connectivity index (χ1v) is 9.00. The molecule has 19 heavy (non-hydrogen) atoms. The summed E-state index contributed by atoms with van der Waals surface area (Å²) in [4.78, 5) is 2.58. The average Bonchev–Trinajstić information content (AvgIpc) is 2.68. The largest absolute Gasteiger partial charge is 0.326 e. The second kappa shape index (κ2) is 7.67. The van der Waals surface area contributed by atoms with Crippen LogP contribution in [0.3, 0.4) is 0 Å². The molecule has 1 aromatic rings. The van der Waals surface area contributed by atoms with Crippen molar-refractivity contribution in [2.75, 3.05) is 24.6 Å². The normalized spacial score (nSPS) is 20.8. The quantitative estimate of drug-likeness (QED) is 0.905. The minimum Gasteiger partial charge on any atom is -0.326 e. The fraction of sp³-hybridized carbons (Fsp3) is 0.600. The summed E-state index contributed by atoms with van der Waals surface area (Å²) in [5, 5.41) is 0. The minimum atomic E-state index is 0.206. The second-order valence-electron chi connectivity index (χ2n) is 5.07. The molecule has 4 heteroatoms. The molecule has 2 nitrogen and oxygen atoms in total. The highest BCUT2D eigenvalue weighted by Gasteiger charge is 2.26. The van der Waals surface area contributed by atoms with E-state index in [1.807, 2.05) is 0 Å². The first-order chi connectivity index (χ1) is 9.22. The molecule has 2 atom stereocenters. The van der Waals surface area contributed by atoms with E-state index >= 15 is 0 Å². The highest BCUT2D eigenvalue weighted by atomic mass is 79.9. The van der Waals surface area contributed by atoms with Gasteiger partial charge in [-0.3, -0.25) is 4.90 Å². The molecule has 2 N–H and O–H groups in total. The van der Waals surface area contributed by atoms with Crippen molar-refractivity contribution in [3.8, 4) is 0 Å². The van der Waals surface area contributed by atoms with Gasteiger partial charge in [0, 0.05) is 28.9 Å². The molecule has 106 valence electrons. The van der Waals surface area contributed by atoms with Crippen molar-refractivity contribution < 1.29 is 0 Å². The van der Waals surface area contributed by atoms with Crippen LogP contribution in [-0.2, 0) is 0 Å². The van der Waals surface area contributed by atoms with Gasteiger partial charge in [0.2, 0.25) is 0 Å². The molecule has 0 aromatic heterocycles. The molecule has 2 rings (SSSR count). The van der Waals surface area contributed by atoms with Gasteiger partial charge in [0.25, 0.3) is 0 Å². The van der Waals surface area contributed by atoms with E-state index in [-0.39, 0.29) is 6.04 Å². The van der Waals surface area contributed by atoms with Gasteiger partial charge in [-0.25, -0.2) is 0 Å². The Labute approximate surface area is 129 Å². The summed E-state index contributed by atoms with van der Waals surface area (Å²) < 4.78 is 1.14. The Balaban J connectivity index is 2.24. The third-order valence-corrected chi connectivity index (χ3v) is 5.26. The Morgan fingerprint density at radius 1 is 1.37 bits per heavy atom. The van der Waals surface area contributed by atoms with E-state index in [9.17, 15) is 0 Å². The highest BCUT2D eigenvalue weighted by molar-refractivity contribution is 9.10. The van der Waals surface area contributed by atoms with Gasteiger partial charge in [-0.2, -0.15) is 11.8 Å². The summed E-state index contributed by atoms with van der Waals surface area (Å²) in [6.07, 6.45) is 2.28. The number of hydrogen-bond acceptors (Lipinski definition) is 3. The number of halogens is 1. The molecule has 1 saturated heterocycles. The molecule has 2 unspecified atom stereocenters. The molecule has 0 spiro atoms. The lowest BCUT2D eigenvalue weighted by Crippen LogP contribution is -2.42. The Kier molecular flexibility index (Phi) is 6.20. The van der Waals surface area contributed by atoms with Crippen LogP contribution in [0.2, 0.25) is 0 Å². The Hall–Kier alpha value is -0.0300. The van der Waals surface area contributed by atoms with E-state index in [0.717, 1.165) is 24.0 Å². The maximum atomic E-state index is 6.42. The lowest BCUT2D eigenvalue weighted by atomic mass is 9.96. The summed E-state index contributed by atoms with van der Waals surface area (Å²) in [7, 11) is 0. The van der Waals surface area contributed by atoms with Gasteiger partial charge < -0.3 is 5.73 Å². The predicted octanol–water partition coefficient (Wildman–Crippen LogP) is 3.67. The van der Waals surface area contributed by atoms with Gasteiger partial charge >= 0.3 is 0 Å². The number of thioether (sulfide) groups is 1. The average molecular weight is 343 g/mol.